The topological polar surface area (TPSA) is 102 Å². The van der Waals surface area contributed by atoms with Crippen LogP contribution in [0.5, 0.6) is 0 Å². The number of aliphatic hydroxyl groups is 1. The van der Waals surface area contributed by atoms with E-state index in [9.17, 15) is 5.11 Å². The lowest BCUT2D eigenvalue weighted by molar-refractivity contribution is -0.0137. The molecular weight excluding hydrogens is 518 g/mol. The monoisotopic (exact) mass is 557 g/mol. The number of imidazole rings is 1. The van der Waals surface area contributed by atoms with E-state index in [1.54, 1.807) is 7.11 Å². The Kier molecular flexibility index (Phi) is 8.80. The van der Waals surface area contributed by atoms with Gasteiger partial charge in [0, 0.05) is 26.7 Å². The summed E-state index contributed by atoms with van der Waals surface area (Å²) in [6, 6.07) is 12.1. The fourth-order valence-corrected chi connectivity index (χ4v) is 5.76. The number of piperidine rings is 1. The molecule has 1 aromatic carbocycles. The lowest BCUT2D eigenvalue weighted by Gasteiger charge is -2.37. The summed E-state index contributed by atoms with van der Waals surface area (Å²) in [6.45, 7) is 9.67. The van der Waals surface area contributed by atoms with Crippen molar-refractivity contribution in [3.8, 4) is 18.8 Å². The van der Waals surface area contributed by atoms with Crippen molar-refractivity contribution in [1.82, 2.24) is 29.4 Å². The number of para-hydroxylation sites is 2. The zero-order valence-electron chi connectivity index (χ0n) is 24.2. The number of methoxy groups -OCH3 is 1. The number of hydrogen-bond donors (Lipinski definition) is 1. The highest BCUT2D eigenvalue weighted by Gasteiger charge is 2.30. The summed E-state index contributed by atoms with van der Waals surface area (Å²) in [5.41, 5.74) is 3.80. The van der Waals surface area contributed by atoms with Gasteiger partial charge in [0.1, 0.15) is 17.9 Å². The molecule has 2 aliphatic rings. The van der Waals surface area contributed by atoms with Gasteiger partial charge in [0.15, 0.2) is 5.82 Å². The molecular formula is C31H39N7O3. The third-order valence-corrected chi connectivity index (χ3v) is 7.96. The molecule has 10 nitrogen and oxygen atoms in total. The number of nitrogens with zero attached hydrogens (tertiary/aromatic N) is 7. The second-order valence-corrected chi connectivity index (χ2v) is 11.1. The number of terminal acetylenes is 1. The summed E-state index contributed by atoms with van der Waals surface area (Å²) in [5, 5.41) is 10.4. The summed E-state index contributed by atoms with van der Waals surface area (Å²) in [6.07, 6.45) is 9.98. The molecule has 2 fully saturated rings. The minimum absolute atomic E-state index is 0.334. The normalized spacial score (nSPS) is 17.1. The molecule has 0 saturated carbocycles. The van der Waals surface area contributed by atoms with E-state index in [1.165, 1.54) is 0 Å². The first kappa shape index (κ1) is 28.9. The Hall–Kier alpha value is -3.62. The number of likely N-dealkylation sites (tertiary alicyclic amines) is 1. The minimum atomic E-state index is -0.626. The van der Waals surface area contributed by atoms with Crippen LogP contribution < -0.4 is 4.90 Å². The zero-order chi connectivity index (χ0) is 29.0. The van der Waals surface area contributed by atoms with Crippen LogP contribution in [0, 0.1) is 18.8 Å². The van der Waals surface area contributed by atoms with Crippen LogP contribution in [0.3, 0.4) is 0 Å². The number of rotatable bonds is 7. The summed E-state index contributed by atoms with van der Waals surface area (Å²) < 4.78 is 13.1. The molecule has 0 amide bonds. The van der Waals surface area contributed by atoms with Crippen molar-refractivity contribution in [2.45, 2.75) is 45.4 Å². The number of ether oxygens (including phenoxy) is 2. The standard InChI is InChI=1S/C29H37N7O3.C2H2/c1-29(2,37)20-10-12-34(13-11-20)18-21-8-9-23-26(30-21)27(35-14-16-39-17-15-35)33-28(32-23)36-24-7-5-4-6-22(24)31-25(36)19-38-3;1-2/h4-9,20,37H,10-19H2,1-3H3;1-2H. The Morgan fingerprint density at radius 1 is 0.951 bits per heavy atom. The van der Waals surface area contributed by atoms with E-state index in [2.05, 4.69) is 34.8 Å². The van der Waals surface area contributed by atoms with Crippen molar-refractivity contribution in [3.63, 3.8) is 0 Å². The van der Waals surface area contributed by atoms with E-state index in [1.807, 2.05) is 42.7 Å². The van der Waals surface area contributed by atoms with Crippen molar-refractivity contribution in [2.75, 3.05) is 51.4 Å². The van der Waals surface area contributed by atoms with Gasteiger partial charge in [-0.2, -0.15) is 4.98 Å². The van der Waals surface area contributed by atoms with Gasteiger partial charge in [-0.25, -0.2) is 15.0 Å². The van der Waals surface area contributed by atoms with Gasteiger partial charge < -0.3 is 19.5 Å². The largest absolute Gasteiger partial charge is 0.390 e. The van der Waals surface area contributed by atoms with Crippen LogP contribution in [0.4, 0.5) is 5.82 Å². The molecule has 0 atom stereocenters. The first-order chi connectivity index (χ1) is 19.9. The Morgan fingerprint density at radius 3 is 2.39 bits per heavy atom. The van der Waals surface area contributed by atoms with Gasteiger partial charge in [0.05, 0.1) is 41.1 Å². The Morgan fingerprint density at radius 2 is 1.68 bits per heavy atom. The molecule has 1 N–H and O–H groups in total. The molecule has 0 aliphatic carbocycles. The molecule has 41 heavy (non-hydrogen) atoms. The maximum atomic E-state index is 10.4. The quantitative estimate of drug-likeness (QED) is 0.342. The Bertz CT molecular complexity index is 1500. The van der Waals surface area contributed by atoms with E-state index in [0.29, 0.717) is 31.7 Å². The SMILES string of the molecule is C#C.COCc1nc2ccccc2n1-c1nc(N2CCOCC2)c2nc(CN3CCC(C(C)(C)O)CC3)ccc2n1. The maximum absolute atomic E-state index is 10.4. The summed E-state index contributed by atoms with van der Waals surface area (Å²) in [7, 11) is 1.67. The van der Waals surface area contributed by atoms with Crippen molar-refractivity contribution in [1.29, 1.82) is 0 Å². The van der Waals surface area contributed by atoms with Crippen LogP contribution in [-0.4, -0.2) is 86.6 Å². The molecule has 216 valence electrons. The summed E-state index contributed by atoms with van der Waals surface area (Å²) >= 11 is 0. The van der Waals surface area contributed by atoms with Gasteiger partial charge in [0.25, 0.3) is 0 Å². The van der Waals surface area contributed by atoms with Gasteiger partial charge in [0.2, 0.25) is 5.95 Å². The van der Waals surface area contributed by atoms with Crippen LogP contribution in [0.25, 0.3) is 28.0 Å². The zero-order valence-corrected chi connectivity index (χ0v) is 24.2. The third kappa shape index (κ3) is 6.19. The highest BCUT2D eigenvalue weighted by Crippen LogP contribution is 2.30. The summed E-state index contributed by atoms with van der Waals surface area (Å²) in [4.78, 5) is 24.7. The summed E-state index contributed by atoms with van der Waals surface area (Å²) in [5.74, 6) is 2.47. The van der Waals surface area contributed by atoms with E-state index in [4.69, 9.17) is 29.4 Å². The van der Waals surface area contributed by atoms with Crippen LogP contribution >= 0.6 is 0 Å². The number of pyridine rings is 1. The fraction of sp³-hybridized carbons (Fsp3) is 0.484. The minimum Gasteiger partial charge on any atom is -0.390 e. The molecule has 0 unspecified atom stereocenters. The van der Waals surface area contributed by atoms with Crippen LogP contribution in [-0.2, 0) is 22.6 Å². The van der Waals surface area contributed by atoms with Crippen molar-refractivity contribution >= 4 is 27.9 Å². The number of anilines is 1. The van der Waals surface area contributed by atoms with Gasteiger partial charge in [-0.15, -0.1) is 12.8 Å². The average molecular weight is 558 g/mol. The van der Waals surface area contributed by atoms with Crippen LogP contribution in [0.1, 0.15) is 38.2 Å². The van der Waals surface area contributed by atoms with E-state index < -0.39 is 5.60 Å². The van der Waals surface area contributed by atoms with Crippen molar-refractivity contribution in [2.24, 2.45) is 5.92 Å². The molecule has 5 heterocycles. The first-order valence-corrected chi connectivity index (χ1v) is 14.1. The van der Waals surface area contributed by atoms with Crippen LogP contribution in [0.2, 0.25) is 0 Å². The molecule has 2 saturated heterocycles. The van der Waals surface area contributed by atoms with Gasteiger partial charge in [-0.1, -0.05) is 12.1 Å². The number of benzene rings is 1. The number of aromatic nitrogens is 5. The first-order valence-electron chi connectivity index (χ1n) is 14.1. The highest BCUT2D eigenvalue weighted by molar-refractivity contribution is 5.87. The third-order valence-electron chi connectivity index (χ3n) is 7.96. The van der Waals surface area contributed by atoms with E-state index >= 15 is 0 Å². The maximum Gasteiger partial charge on any atom is 0.238 e. The lowest BCUT2D eigenvalue weighted by Crippen LogP contribution is -2.41. The Labute approximate surface area is 241 Å². The molecule has 0 radical (unpaired) electrons. The van der Waals surface area contributed by atoms with Gasteiger partial charge >= 0.3 is 0 Å². The van der Waals surface area contributed by atoms with Crippen molar-refractivity contribution in [3.05, 3.63) is 47.9 Å². The molecule has 4 aromatic rings. The fourth-order valence-electron chi connectivity index (χ4n) is 5.76. The van der Waals surface area contributed by atoms with Crippen molar-refractivity contribution < 1.29 is 14.6 Å². The van der Waals surface area contributed by atoms with Gasteiger partial charge in [-0.05, 0) is 70.0 Å². The highest BCUT2D eigenvalue weighted by atomic mass is 16.5. The predicted molar refractivity (Wildman–Crippen MR) is 160 cm³/mol. The lowest BCUT2D eigenvalue weighted by atomic mass is 9.83. The van der Waals surface area contributed by atoms with Crippen LogP contribution in [0.15, 0.2) is 36.4 Å². The number of morpholine rings is 1. The smallest absolute Gasteiger partial charge is 0.238 e. The molecule has 10 heteroatoms. The second kappa shape index (κ2) is 12.5. The Balaban J connectivity index is 0.00000165. The molecule has 2 aliphatic heterocycles. The number of hydrogen-bond acceptors (Lipinski definition) is 9. The molecule has 6 rings (SSSR count). The molecule has 0 bridgehead atoms. The van der Waals surface area contributed by atoms with E-state index in [-0.39, 0.29) is 0 Å². The number of fused-ring (bicyclic) bond motifs is 2. The second-order valence-electron chi connectivity index (χ2n) is 11.1. The predicted octanol–water partition coefficient (Wildman–Crippen LogP) is 3.58. The molecule has 0 spiro atoms. The molecule has 3 aromatic heterocycles. The van der Waals surface area contributed by atoms with Gasteiger partial charge in [-0.3, -0.25) is 9.47 Å². The average Bonchev–Trinajstić information content (AvgIpc) is 3.36. The van der Waals surface area contributed by atoms with E-state index in [0.717, 1.165) is 85.0 Å².